The van der Waals surface area contributed by atoms with Crippen molar-refractivity contribution < 1.29 is 14.3 Å². The molecule has 1 heterocycles. The molecule has 0 radical (unpaired) electrons. The second-order valence-electron chi connectivity index (χ2n) is 6.83. The van der Waals surface area contributed by atoms with Crippen LogP contribution in [-0.2, 0) is 11.3 Å². The quantitative estimate of drug-likeness (QED) is 0.472. The van der Waals surface area contributed by atoms with Crippen LogP contribution in [0.1, 0.15) is 5.56 Å². The van der Waals surface area contributed by atoms with Crippen LogP contribution >= 0.6 is 0 Å². The van der Waals surface area contributed by atoms with Gasteiger partial charge in [-0.1, -0.05) is 18.2 Å². The Morgan fingerprint density at radius 2 is 1.73 bits per heavy atom. The van der Waals surface area contributed by atoms with Gasteiger partial charge in [0.05, 0.1) is 12.8 Å². The van der Waals surface area contributed by atoms with Gasteiger partial charge in [-0.05, 0) is 69.2 Å². The maximum atomic E-state index is 12.5. The van der Waals surface area contributed by atoms with E-state index in [2.05, 4.69) is 21.6 Å². The van der Waals surface area contributed by atoms with Crippen molar-refractivity contribution >= 4 is 16.7 Å². The third kappa shape index (κ3) is 4.38. The smallest absolute Gasteiger partial charge is 0.260 e. The molecule has 3 aromatic carbocycles. The lowest BCUT2D eigenvalue weighted by atomic mass is 10.1. The molecule has 4 rings (SSSR count). The van der Waals surface area contributed by atoms with E-state index in [9.17, 15) is 4.79 Å². The van der Waals surface area contributed by atoms with Crippen LogP contribution in [0.4, 0.5) is 0 Å². The zero-order valence-electron chi connectivity index (χ0n) is 16.7. The summed E-state index contributed by atoms with van der Waals surface area (Å²) in [7, 11) is 3.42. The Morgan fingerprint density at radius 1 is 1.00 bits per heavy atom. The topological polar surface area (TPSA) is 82.4 Å². The Balaban J connectivity index is 1.34. The second kappa shape index (κ2) is 8.60. The molecule has 0 fully saturated rings. The molecule has 152 valence electrons. The summed E-state index contributed by atoms with van der Waals surface area (Å²) in [5.74, 6) is 1.33. The number of likely N-dealkylation sites (N-methyl/N-ethyl adjacent to an activating group) is 1. The number of methoxy groups -OCH3 is 1. The first-order chi connectivity index (χ1) is 14.6. The van der Waals surface area contributed by atoms with Crippen LogP contribution in [0.15, 0.2) is 67.0 Å². The largest absolute Gasteiger partial charge is 0.497 e. The van der Waals surface area contributed by atoms with Crippen molar-refractivity contribution in [1.82, 2.24) is 25.1 Å². The molecule has 8 heteroatoms. The molecule has 0 atom stereocenters. The van der Waals surface area contributed by atoms with Gasteiger partial charge in [-0.15, -0.1) is 5.10 Å². The third-order valence-electron chi connectivity index (χ3n) is 4.77. The number of hydrogen-bond donors (Lipinski definition) is 0. The van der Waals surface area contributed by atoms with Crippen molar-refractivity contribution in [2.75, 3.05) is 20.8 Å². The van der Waals surface area contributed by atoms with Gasteiger partial charge in [0, 0.05) is 13.6 Å². The van der Waals surface area contributed by atoms with Crippen molar-refractivity contribution in [2.24, 2.45) is 0 Å². The van der Waals surface area contributed by atoms with Gasteiger partial charge in [0.1, 0.15) is 17.8 Å². The number of benzene rings is 3. The molecule has 0 N–H and O–H groups in total. The highest BCUT2D eigenvalue weighted by atomic mass is 16.5. The molecule has 1 aromatic heterocycles. The molecule has 0 saturated carbocycles. The van der Waals surface area contributed by atoms with E-state index in [1.165, 1.54) is 6.33 Å². The maximum Gasteiger partial charge on any atom is 0.260 e. The van der Waals surface area contributed by atoms with E-state index in [0.717, 1.165) is 27.8 Å². The van der Waals surface area contributed by atoms with Crippen LogP contribution in [0.2, 0.25) is 0 Å². The van der Waals surface area contributed by atoms with Crippen molar-refractivity contribution in [3.8, 4) is 17.2 Å². The highest BCUT2D eigenvalue weighted by molar-refractivity contribution is 5.84. The number of nitrogens with zero attached hydrogens (tertiary/aromatic N) is 5. The van der Waals surface area contributed by atoms with Crippen LogP contribution in [0.5, 0.6) is 11.5 Å². The zero-order valence-corrected chi connectivity index (χ0v) is 16.7. The number of fused-ring (bicyclic) bond motifs is 1. The van der Waals surface area contributed by atoms with Gasteiger partial charge in [0.15, 0.2) is 6.61 Å². The van der Waals surface area contributed by atoms with Gasteiger partial charge in [-0.2, -0.15) is 0 Å². The molecular weight excluding hydrogens is 382 g/mol. The number of carbonyl (C=O) groups excluding carboxylic acids is 1. The van der Waals surface area contributed by atoms with E-state index in [1.807, 2.05) is 42.5 Å². The predicted molar refractivity (Wildman–Crippen MR) is 112 cm³/mol. The molecule has 4 aromatic rings. The first-order valence-electron chi connectivity index (χ1n) is 9.39. The normalized spacial score (nSPS) is 10.7. The van der Waals surface area contributed by atoms with Gasteiger partial charge in [-0.25, -0.2) is 4.68 Å². The van der Waals surface area contributed by atoms with Crippen molar-refractivity contribution in [3.63, 3.8) is 0 Å². The molecule has 1 amide bonds. The van der Waals surface area contributed by atoms with E-state index in [1.54, 1.807) is 35.9 Å². The molecular formula is C22H21N5O3. The lowest BCUT2D eigenvalue weighted by molar-refractivity contribution is -0.132. The lowest BCUT2D eigenvalue weighted by Crippen LogP contribution is -2.30. The summed E-state index contributed by atoms with van der Waals surface area (Å²) in [4.78, 5) is 14.1. The monoisotopic (exact) mass is 403 g/mol. The van der Waals surface area contributed by atoms with Crippen molar-refractivity contribution in [3.05, 3.63) is 72.6 Å². The number of amides is 1. The number of hydrogen-bond acceptors (Lipinski definition) is 6. The SMILES string of the molecule is COc1ccc2cc(CN(C)C(=O)COc3ccc(-n4cnnn4)cc3)ccc2c1. The van der Waals surface area contributed by atoms with E-state index < -0.39 is 0 Å². The maximum absolute atomic E-state index is 12.5. The van der Waals surface area contributed by atoms with Gasteiger partial charge >= 0.3 is 0 Å². The fraction of sp³-hybridized carbons (Fsp3) is 0.182. The zero-order chi connectivity index (χ0) is 20.9. The molecule has 8 nitrogen and oxygen atoms in total. The minimum absolute atomic E-state index is 0.0362. The summed E-state index contributed by atoms with van der Waals surface area (Å²) in [6, 6.07) is 19.3. The minimum atomic E-state index is -0.102. The Hall–Kier alpha value is -3.94. The van der Waals surface area contributed by atoms with Gasteiger partial charge in [0.2, 0.25) is 0 Å². The minimum Gasteiger partial charge on any atom is -0.497 e. The third-order valence-corrected chi connectivity index (χ3v) is 4.77. The molecule has 0 aliphatic carbocycles. The molecule has 30 heavy (non-hydrogen) atoms. The highest BCUT2D eigenvalue weighted by Crippen LogP contribution is 2.22. The number of carbonyl (C=O) groups is 1. The molecule has 0 saturated heterocycles. The lowest BCUT2D eigenvalue weighted by Gasteiger charge is -2.18. The Kier molecular flexibility index (Phi) is 5.56. The van der Waals surface area contributed by atoms with Crippen molar-refractivity contribution in [2.45, 2.75) is 6.54 Å². The first kappa shape index (κ1) is 19.4. The molecule has 0 bridgehead atoms. The molecule has 0 aliphatic heterocycles. The Bertz CT molecular complexity index is 1140. The second-order valence-corrected chi connectivity index (χ2v) is 6.83. The predicted octanol–water partition coefficient (Wildman–Crippen LogP) is 2.86. The first-order valence-corrected chi connectivity index (χ1v) is 9.39. The van der Waals surface area contributed by atoms with E-state index >= 15 is 0 Å². The van der Waals surface area contributed by atoms with Crippen LogP contribution < -0.4 is 9.47 Å². The van der Waals surface area contributed by atoms with E-state index in [0.29, 0.717) is 12.3 Å². The van der Waals surface area contributed by atoms with Crippen LogP contribution in [0, 0.1) is 0 Å². The van der Waals surface area contributed by atoms with Gasteiger partial charge < -0.3 is 14.4 Å². The Labute approximate surface area is 173 Å². The summed E-state index contributed by atoms with van der Waals surface area (Å²) >= 11 is 0. The van der Waals surface area contributed by atoms with Crippen LogP contribution in [-0.4, -0.2) is 51.8 Å². The van der Waals surface area contributed by atoms with E-state index in [-0.39, 0.29) is 12.5 Å². The Morgan fingerprint density at radius 3 is 2.47 bits per heavy atom. The fourth-order valence-corrected chi connectivity index (χ4v) is 3.09. The standard InChI is InChI=1S/C22H21N5O3/c1-26(13-16-3-4-18-12-21(29-2)8-5-17(18)11-16)22(28)14-30-20-9-6-19(7-10-20)27-15-23-24-25-27/h3-12,15H,13-14H2,1-2H3. The number of rotatable bonds is 7. The van der Waals surface area contributed by atoms with Crippen LogP contribution in [0.25, 0.3) is 16.5 Å². The van der Waals surface area contributed by atoms with E-state index in [4.69, 9.17) is 9.47 Å². The molecule has 0 unspecified atom stereocenters. The average Bonchev–Trinajstić information content (AvgIpc) is 3.32. The highest BCUT2D eigenvalue weighted by Gasteiger charge is 2.11. The number of aromatic nitrogens is 4. The van der Waals surface area contributed by atoms with Crippen LogP contribution in [0.3, 0.4) is 0 Å². The summed E-state index contributed by atoms with van der Waals surface area (Å²) in [5, 5.41) is 13.2. The number of ether oxygens (including phenoxy) is 2. The van der Waals surface area contributed by atoms with Crippen molar-refractivity contribution in [1.29, 1.82) is 0 Å². The average molecular weight is 403 g/mol. The summed E-state index contributed by atoms with van der Waals surface area (Å²) in [6.07, 6.45) is 1.51. The molecule has 0 spiro atoms. The summed E-state index contributed by atoms with van der Waals surface area (Å²) in [5.41, 5.74) is 1.86. The summed E-state index contributed by atoms with van der Waals surface area (Å²) < 4.78 is 12.4. The van der Waals surface area contributed by atoms with Gasteiger partial charge in [-0.3, -0.25) is 4.79 Å². The van der Waals surface area contributed by atoms with Gasteiger partial charge in [0.25, 0.3) is 5.91 Å². The fourth-order valence-electron chi connectivity index (χ4n) is 3.09. The number of tetrazole rings is 1. The summed E-state index contributed by atoms with van der Waals surface area (Å²) in [6.45, 7) is 0.466. The molecule has 0 aliphatic rings.